The molecule has 1 aliphatic rings. The Morgan fingerprint density at radius 3 is 2.55 bits per heavy atom. The van der Waals surface area contributed by atoms with Crippen molar-refractivity contribution in [1.29, 1.82) is 0 Å². The van der Waals surface area contributed by atoms with E-state index in [2.05, 4.69) is 15.5 Å². The maximum atomic E-state index is 11.7. The molecule has 6 nitrogen and oxygen atoms in total. The number of anilines is 1. The number of ether oxygens (including phenoxy) is 1. The summed E-state index contributed by atoms with van der Waals surface area (Å²) in [4.78, 5) is 11.7. The number of nitrogens with two attached hydrogens (primary N) is 1. The second-order valence-corrected chi connectivity index (χ2v) is 6.44. The average molecular weight is 280 g/mol. The van der Waals surface area contributed by atoms with Gasteiger partial charge in [-0.15, -0.1) is 0 Å². The number of hydrogen-bond donors (Lipinski definition) is 3. The first-order valence-electron chi connectivity index (χ1n) is 7.14. The van der Waals surface area contributed by atoms with Crippen LogP contribution in [0.25, 0.3) is 0 Å². The van der Waals surface area contributed by atoms with Gasteiger partial charge in [-0.2, -0.15) is 5.10 Å². The second-order valence-electron chi connectivity index (χ2n) is 6.44. The fourth-order valence-corrected chi connectivity index (χ4v) is 2.59. The van der Waals surface area contributed by atoms with Crippen LogP contribution in [-0.4, -0.2) is 27.9 Å². The van der Waals surface area contributed by atoms with E-state index in [9.17, 15) is 4.79 Å². The molecule has 1 saturated carbocycles. The predicted molar refractivity (Wildman–Crippen MR) is 77.4 cm³/mol. The van der Waals surface area contributed by atoms with Crippen LogP contribution in [0, 0.1) is 0 Å². The number of amides is 1. The van der Waals surface area contributed by atoms with E-state index in [-0.39, 0.29) is 12.1 Å². The molecule has 1 aliphatic carbocycles. The molecular weight excluding hydrogens is 256 g/mol. The number of nitrogens with one attached hydrogen (secondary N) is 2. The highest BCUT2D eigenvalue weighted by Crippen LogP contribution is 2.32. The number of nitrogen functional groups attached to an aromatic ring is 1. The molecule has 1 aromatic rings. The SMILES string of the molecule is CC(C)(C)OC(=O)NC1CCC(c2cc(N)n[nH]2)CC1. The highest BCUT2D eigenvalue weighted by Gasteiger charge is 2.26. The van der Waals surface area contributed by atoms with E-state index < -0.39 is 5.60 Å². The normalized spacial score (nSPS) is 23.4. The van der Waals surface area contributed by atoms with Crippen LogP contribution in [0.15, 0.2) is 6.07 Å². The van der Waals surface area contributed by atoms with Gasteiger partial charge in [0.15, 0.2) is 0 Å². The van der Waals surface area contributed by atoms with Gasteiger partial charge in [-0.05, 0) is 46.5 Å². The minimum absolute atomic E-state index is 0.196. The number of carbonyl (C=O) groups is 1. The number of H-pyrrole nitrogens is 1. The van der Waals surface area contributed by atoms with Crippen LogP contribution in [0.1, 0.15) is 58.1 Å². The third-order valence-electron chi connectivity index (χ3n) is 3.51. The number of hydrogen-bond acceptors (Lipinski definition) is 4. The molecule has 0 aliphatic heterocycles. The number of aromatic amines is 1. The lowest BCUT2D eigenvalue weighted by atomic mass is 9.84. The molecule has 1 fully saturated rings. The number of carbonyl (C=O) groups excluding carboxylic acids is 1. The Morgan fingerprint density at radius 1 is 1.40 bits per heavy atom. The van der Waals surface area contributed by atoms with Gasteiger partial charge < -0.3 is 15.8 Å². The Morgan fingerprint density at radius 2 is 2.05 bits per heavy atom. The molecule has 20 heavy (non-hydrogen) atoms. The Balaban J connectivity index is 1.78. The fraction of sp³-hybridized carbons (Fsp3) is 0.714. The van der Waals surface area contributed by atoms with Gasteiger partial charge in [-0.3, -0.25) is 5.10 Å². The van der Waals surface area contributed by atoms with Gasteiger partial charge in [0.2, 0.25) is 0 Å². The molecule has 0 radical (unpaired) electrons. The van der Waals surface area contributed by atoms with E-state index in [1.165, 1.54) is 0 Å². The maximum absolute atomic E-state index is 11.7. The van der Waals surface area contributed by atoms with Gasteiger partial charge in [-0.1, -0.05) is 0 Å². The first-order valence-corrected chi connectivity index (χ1v) is 7.14. The molecular formula is C14H24N4O2. The molecule has 6 heteroatoms. The van der Waals surface area contributed by atoms with Crippen LogP contribution >= 0.6 is 0 Å². The predicted octanol–water partition coefficient (Wildman–Crippen LogP) is 2.54. The molecule has 0 unspecified atom stereocenters. The molecule has 0 spiro atoms. The van der Waals surface area contributed by atoms with Crippen molar-refractivity contribution in [3.05, 3.63) is 11.8 Å². The molecule has 1 amide bonds. The first-order chi connectivity index (χ1) is 9.33. The molecule has 1 aromatic heterocycles. The summed E-state index contributed by atoms with van der Waals surface area (Å²) >= 11 is 0. The number of nitrogens with zero attached hydrogens (tertiary/aromatic N) is 1. The Bertz CT molecular complexity index is 456. The molecule has 0 saturated heterocycles. The van der Waals surface area contributed by atoms with Gasteiger partial charge in [0.05, 0.1) is 0 Å². The summed E-state index contributed by atoms with van der Waals surface area (Å²) in [6.45, 7) is 5.60. The summed E-state index contributed by atoms with van der Waals surface area (Å²) in [6, 6.07) is 2.09. The van der Waals surface area contributed by atoms with Crippen molar-refractivity contribution < 1.29 is 9.53 Å². The minimum Gasteiger partial charge on any atom is -0.444 e. The van der Waals surface area contributed by atoms with Gasteiger partial charge in [-0.25, -0.2) is 4.79 Å². The molecule has 0 bridgehead atoms. The van der Waals surface area contributed by atoms with Gasteiger partial charge in [0.1, 0.15) is 11.4 Å². The Kier molecular flexibility index (Phi) is 4.20. The zero-order valence-corrected chi connectivity index (χ0v) is 12.4. The van der Waals surface area contributed by atoms with Crippen LogP contribution in [0.4, 0.5) is 10.6 Å². The molecule has 4 N–H and O–H groups in total. The average Bonchev–Trinajstić information content (AvgIpc) is 2.74. The maximum Gasteiger partial charge on any atom is 0.407 e. The second kappa shape index (κ2) is 5.73. The van der Waals surface area contributed by atoms with Crippen molar-refractivity contribution in [1.82, 2.24) is 15.5 Å². The van der Waals surface area contributed by atoms with Crippen molar-refractivity contribution >= 4 is 11.9 Å². The zero-order valence-electron chi connectivity index (χ0n) is 12.4. The van der Waals surface area contributed by atoms with Crippen molar-refractivity contribution in [3.8, 4) is 0 Å². The highest BCUT2D eigenvalue weighted by molar-refractivity contribution is 5.68. The highest BCUT2D eigenvalue weighted by atomic mass is 16.6. The van der Waals surface area contributed by atoms with E-state index in [0.717, 1.165) is 31.4 Å². The third kappa shape index (κ3) is 4.15. The van der Waals surface area contributed by atoms with Crippen LogP contribution in [0.3, 0.4) is 0 Å². The monoisotopic (exact) mass is 280 g/mol. The lowest BCUT2D eigenvalue weighted by Gasteiger charge is -2.29. The van der Waals surface area contributed by atoms with Crippen molar-refractivity contribution in [2.24, 2.45) is 0 Å². The van der Waals surface area contributed by atoms with Crippen LogP contribution in [0.5, 0.6) is 0 Å². The summed E-state index contributed by atoms with van der Waals surface area (Å²) in [7, 11) is 0. The fourth-order valence-electron chi connectivity index (χ4n) is 2.59. The smallest absolute Gasteiger partial charge is 0.407 e. The first kappa shape index (κ1) is 14.7. The summed E-state index contributed by atoms with van der Waals surface area (Å²) in [6.07, 6.45) is 3.60. The van der Waals surface area contributed by atoms with E-state index in [0.29, 0.717) is 11.7 Å². The zero-order chi connectivity index (χ0) is 14.8. The van der Waals surface area contributed by atoms with Crippen LogP contribution in [-0.2, 0) is 4.74 Å². The Labute approximate surface area is 119 Å². The van der Waals surface area contributed by atoms with Crippen molar-refractivity contribution in [3.63, 3.8) is 0 Å². The lowest BCUT2D eigenvalue weighted by Crippen LogP contribution is -2.40. The molecule has 112 valence electrons. The van der Waals surface area contributed by atoms with Crippen molar-refractivity contribution in [2.75, 3.05) is 5.73 Å². The van der Waals surface area contributed by atoms with Gasteiger partial charge in [0.25, 0.3) is 0 Å². The molecule has 1 heterocycles. The third-order valence-corrected chi connectivity index (χ3v) is 3.51. The lowest BCUT2D eigenvalue weighted by molar-refractivity contribution is 0.0491. The summed E-state index contributed by atoms with van der Waals surface area (Å²) in [5, 5.41) is 9.88. The van der Waals surface area contributed by atoms with E-state index in [1.54, 1.807) is 0 Å². The molecule has 0 aromatic carbocycles. The number of aromatic nitrogens is 2. The van der Waals surface area contributed by atoms with Crippen molar-refractivity contribution in [2.45, 2.75) is 64.0 Å². The Hall–Kier alpha value is -1.72. The van der Waals surface area contributed by atoms with E-state index in [4.69, 9.17) is 10.5 Å². The molecule has 0 atom stereocenters. The van der Waals surface area contributed by atoms with Gasteiger partial charge >= 0.3 is 6.09 Å². The summed E-state index contributed by atoms with van der Waals surface area (Å²) in [5.41, 5.74) is 6.27. The summed E-state index contributed by atoms with van der Waals surface area (Å²) < 4.78 is 5.27. The quantitative estimate of drug-likeness (QED) is 0.776. The standard InChI is InChI=1S/C14H24N4O2/c1-14(2,3)20-13(19)16-10-6-4-9(5-7-10)11-8-12(15)18-17-11/h8-10H,4-7H2,1-3H3,(H,16,19)(H3,15,17,18). The van der Waals surface area contributed by atoms with Crippen LogP contribution < -0.4 is 11.1 Å². The topological polar surface area (TPSA) is 93.0 Å². The summed E-state index contributed by atoms with van der Waals surface area (Å²) in [5.74, 6) is 0.991. The van der Waals surface area contributed by atoms with E-state index in [1.807, 2.05) is 26.8 Å². The minimum atomic E-state index is -0.450. The number of rotatable bonds is 2. The largest absolute Gasteiger partial charge is 0.444 e. The molecule has 2 rings (SSSR count). The van der Waals surface area contributed by atoms with Crippen LogP contribution in [0.2, 0.25) is 0 Å². The van der Waals surface area contributed by atoms with Gasteiger partial charge in [0, 0.05) is 23.7 Å². The number of alkyl carbamates (subject to hydrolysis) is 1. The van der Waals surface area contributed by atoms with E-state index >= 15 is 0 Å².